The van der Waals surface area contributed by atoms with E-state index >= 15 is 0 Å². The van der Waals surface area contributed by atoms with Gasteiger partial charge in [-0.2, -0.15) is 14.6 Å². The molecule has 8 heteroatoms. The first kappa shape index (κ1) is 22.9. The molecule has 3 aromatic carbocycles. The standard InChI is InChI=1S/C26H18ClFN4O2/c1-15-6-5-9-22(16(15)2)31-24(33)18(13-29)12-20-19-8-4-3-7-17(19)10-11-23(20)34-25-21(28)14-30-26(27)32-25/h3-12,14H,1-2H3,(H,31,33)/b18-12+. The number of carbonyl (C=O) groups excluding carboxylic acids is 1. The zero-order valence-electron chi connectivity index (χ0n) is 18.3. The van der Waals surface area contributed by atoms with E-state index in [0.29, 0.717) is 16.6 Å². The van der Waals surface area contributed by atoms with Gasteiger partial charge in [0.1, 0.15) is 17.4 Å². The summed E-state index contributed by atoms with van der Waals surface area (Å²) in [7, 11) is 0. The maximum Gasteiger partial charge on any atom is 0.266 e. The van der Waals surface area contributed by atoms with E-state index < -0.39 is 11.7 Å². The third-order valence-electron chi connectivity index (χ3n) is 5.33. The predicted octanol–water partition coefficient (Wildman–Crippen LogP) is 6.38. The number of hydrogen-bond acceptors (Lipinski definition) is 5. The number of carbonyl (C=O) groups is 1. The summed E-state index contributed by atoms with van der Waals surface area (Å²) in [5.41, 5.74) is 2.79. The molecule has 1 heterocycles. The normalized spacial score (nSPS) is 11.2. The molecule has 0 aliphatic carbocycles. The summed E-state index contributed by atoms with van der Waals surface area (Å²) in [5, 5.41) is 13.9. The lowest BCUT2D eigenvalue weighted by molar-refractivity contribution is -0.112. The number of aryl methyl sites for hydroxylation is 1. The number of hydrogen-bond donors (Lipinski definition) is 1. The van der Waals surface area contributed by atoms with Crippen molar-refractivity contribution < 1.29 is 13.9 Å². The van der Waals surface area contributed by atoms with Crippen molar-refractivity contribution in [3.05, 3.63) is 94.2 Å². The highest BCUT2D eigenvalue weighted by Gasteiger charge is 2.17. The SMILES string of the molecule is Cc1cccc(NC(=O)/C(C#N)=C/c2c(Oc3nc(Cl)ncc3F)ccc3ccccc23)c1C. The van der Waals surface area contributed by atoms with Crippen LogP contribution in [0.1, 0.15) is 16.7 Å². The fraction of sp³-hybridized carbons (Fsp3) is 0.0769. The first-order chi connectivity index (χ1) is 16.4. The van der Waals surface area contributed by atoms with E-state index in [2.05, 4.69) is 15.3 Å². The van der Waals surface area contributed by atoms with Crippen molar-refractivity contribution >= 4 is 40.0 Å². The highest BCUT2D eigenvalue weighted by Crippen LogP contribution is 2.34. The zero-order valence-corrected chi connectivity index (χ0v) is 19.0. The Hall–Kier alpha value is -4.28. The second-order valence-corrected chi connectivity index (χ2v) is 7.80. The molecule has 1 amide bonds. The van der Waals surface area contributed by atoms with Crippen molar-refractivity contribution in [3.63, 3.8) is 0 Å². The number of nitriles is 1. The van der Waals surface area contributed by atoms with Crippen LogP contribution in [0, 0.1) is 31.0 Å². The van der Waals surface area contributed by atoms with Crippen LogP contribution in [0.5, 0.6) is 11.6 Å². The molecule has 0 aliphatic heterocycles. The smallest absolute Gasteiger partial charge is 0.266 e. The van der Waals surface area contributed by atoms with E-state index in [1.807, 2.05) is 56.3 Å². The molecule has 1 N–H and O–H groups in total. The number of rotatable bonds is 5. The predicted molar refractivity (Wildman–Crippen MR) is 129 cm³/mol. The number of benzene rings is 3. The highest BCUT2D eigenvalue weighted by molar-refractivity contribution is 6.28. The minimum atomic E-state index is -0.805. The molecule has 0 unspecified atom stereocenters. The number of nitrogens with one attached hydrogen (secondary N) is 1. The van der Waals surface area contributed by atoms with Crippen LogP contribution in [0.2, 0.25) is 5.28 Å². The molecule has 0 fully saturated rings. The fourth-order valence-corrected chi connectivity index (χ4v) is 3.52. The van der Waals surface area contributed by atoms with Gasteiger partial charge in [0.2, 0.25) is 11.1 Å². The Balaban J connectivity index is 1.80. The molecule has 168 valence electrons. The van der Waals surface area contributed by atoms with Crippen LogP contribution in [0.3, 0.4) is 0 Å². The molecule has 34 heavy (non-hydrogen) atoms. The van der Waals surface area contributed by atoms with Gasteiger partial charge in [0.05, 0.1) is 6.20 Å². The average molecular weight is 473 g/mol. The quantitative estimate of drug-likeness (QED) is 0.207. The van der Waals surface area contributed by atoms with Crippen LogP contribution in [0.4, 0.5) is 10.1 Å². The van der Waals surface area contributed by atoms with E-state index in [4.69, 9.17) is 16.3 Å². The Bertz CT molecular complexity index is 1490. The molecule has 0 atom stereocenters. The summed E-state index contributed by atoms with van der Waals surface area (Å²) in [6.45, 7) is 3.82. The topological polar surface area (TPSA) is 87.9 Å². The first-order valence-corrected chi connectivity index (χ1v) is 10.6. The Labute approximate surface area is 200 Å². The van der Waals surface area contributed by atoms with Gasteiger partial charge in [0.15, 0.2) is 0 Å². The van der Waals surface area contributed by atoms with Gasteiger partial charge in [-0.3, -0.25) is 4.79 Å². The molecular weight excluding hydrogens is 455 g/mol. The van der Waals surface area contributed by atoms with E-state index in [9.17, 15) is 14.4 Å². The summed E-state index contributed by atoms with van der Waals surface area (Å²) in [5.74, 6) is -1.56. The van der Waals surface area contributed by atoms with Crippen LogP contribution in [0.15, 0.2) is 66.4 Å². The van der Waals surface area contributed by atoms with Gasteiger partial charge in [0.25, 0.3) is 11.8 Å². The van der Waals surface area contributed by atoms with Crippen LogP contribution in [0.25, 0.3) is 16.8 Å². The van der Waals surface area contributed by atoms with Gasteiger partial charge in [-0.15, -0.1) is 0 Å². The number of nitrogens with zero attached hydrogens (tertiary/aromatic N) is 3. The first-order valence-electron chi connectivity index (χ1n) is 10.2. The summed E-state index contributed by atoms with van der Waals surface area (Å²) < 4.78 is 19.9. The molecular formula is C26H18ClFN4O2. The van der Waals surface area contributed by atoms with Crippen LogP contribution in [-0.2, 0) is 4.79 Å². The highest BCUT2D eigenvalue weighted by atomic mass is 35.5. The van der Waals surface area contributed by atoms with Gasteiger partial charge in [-0.25, -0.2) is 4.98 Å². The summed E-state index contributed by atoms with van der Waals surface area (Å²) in [6, 6.07) is 18.2. The largest absolute Gasteiger partial charge is 0.436 e. The molecule has 0 saturated carbocycles. The number of halogens is 2. The van der Waals surface area contributed by atoms with Gasteiger partial charge in [-0.1, -0.05) is 42.5 Å². The van der Waals surface area contributed by atoms with E-state index in [1.54, 1.807) is 18.2 Å². The second-order valence-electron chi connectivity index (χ2n) is 7.46. The van der Waals surface area contributed by atoms with Crippen molar-refractivity contribution in [2.45, 2.75) is 13.8 Å². The van der Waals surface area contributed by atoms with Crippen molar-refractivity contribution in [1.82, 2.24) is 9.97 Å². The minimum absolute atomic E-state index is 0.150. The van der Waals surface area contributed by atoms with Crippen LogP contribution >= 0.6 is 11.6 Å². The summed E-state index contributed by atoms with van der Waals surface area (Å²) >= 11 is 5.79. The lowest BCUT2D eigenvalue weighted by Gasteiger charge is -2.13. The van der Waals surface area contributed by atoms with Crippen molar-refractivity contribution in [1.29, 1.82) is 5.26 Å². The second kappa shape index (κ2) is 9.69. The van der Waals surface area contributed by atoms with Crippen LogP contribution in [-0.4, -0.2) is 15.9 Å². The number of amides is 1. The van der Waals surface area contributed by atoms with E-state index in [1.165, 1.54) is 6.08 Å². The molecule has 0 aliphatic rings. The minimum Gasteiger partial charge on any atom is -0.436 e. The number of fused-ring (bicyclic) bond motifs is 1. The van der Waals surface area contributed by atoms with Crippen molar-refractivity contribution in [2.75, 3.05) is 5.32 Å². The molecule has 0 radical (unpaired) electrons. The Kier molecular flexibility index (Phi) is 6.53. The van der Waals surface area contributed by atoms with Gasteiger partial charge < -0.3 is 10.1 Å². The average Bonchev–Trinajstić information content (AvgIpc) is 2.83. The third-order valence-corrected chi connectivity index (χ3v) is 5.51. The Morgan fingerprint density at radius 2 is 1.94 bits per heavy atom. The molecule has 1 aromatic heterocycles. The maximum atomic E-state index is 14.2. The van der Waals surface area contributed by atoms with Gasteiger partial charge >= 0.3 is 0 Å². The van der Waals surface area contributed by atoms with Crippen molar-refractivity contribution in [3.8, 4) is 17.7 Å². The summed E-state index contributed by atoms with van der Waals surface area (Å²) in [4.78, 5) is 20.3. The molecule has 4 aromatic rings. The molecule has 6 nitrogen and oxygen atoms in total. The number of ether oxygens (including phenoxy) is 1. The molecule has 4 rings (SSSR count). The molecule has 0 bridgehead atoms. The van der Waals surface area contributed by atoms with Crippen molar-refractivity contribution in [2.24, 2.45) is 0 Å². The molecule has 0 saturated heterocycles. The Morgan fingerprint density at radius 1 is 1.15 bits per heavy atom. The number of aromatic nitrogens is 2. The lowest BCUT2D eigenvalue weighted by Crippen LogP contribution is -2.14. The number of anilines is 1. The zero-order chi connectivity index (χ0) is 24.2. The van der Waals surface area contributed by atoms with E-state index in [-0.39, 0.29) is 22.5 Å². The summed E-state index contributed by atoms with van der Waals surface area (Å²) in [6.07, 6.45) is 2.32. The van der Waals surface area contributed by atoms with Crippen LogP contribution < -0.4 is 10.1 Å². The third kappa shape index (κ3) is 4.72. The lowest BCUT2D eigenvalue weighted by atomic mass is 10.0. The van der Waals surface area contributed by atoms with Gasteiger partial charge in [0, 0.05) is 11.3 Å². The fourth-order valence-electron chi connectivity index (χ4n) is 3.39. The Morgan fingerprint density at radius 3 is 2.74 bits per heavy atom. The maximum absolute atomic E-state index is 14.2. The van der Waals surface area contributed by atoms with E-state index in [0.717, 1.165) is 22.7 Å². The molecule has 0 spiro atoms. The van der Waals surface area contributed by atoms with Gasteiger partial charge in [-0.05, 0) is 65.6 Å². The monoisotopic (exact) mass is 472 g/mol.